The predicted molar refractivity (Wildman–Crippen MR) is 184 cm³/mol. The van der Waals surface area contributed by atoms with E-state index >= 15 is 4.11 Å². The standard InChI is InChI=1S/C35H38BrFN4O5Si/c1-21-32(47(2,3)37)30(18-31(43)39-16-6-7-25(39)20-42)46-35(21)27-17-23(36)12-15-29(27)40(34(35)45)19-22-10-13-24(14-11-22)41-33(44)26-8-4-5-9-28(26)38-41/h4-5,8-15,17,21,25,30,32,38,42H,6-7,16,18-20H2,1-3H3/t21-,25+,30+,32-,35+/m1/s1. The Balaban J connectivity index is 1.21. The molecule has 0 saturated carbocycles. The van der Waals surface area contributed by atoms with Crippen molar-refractivity contribution < 1.29 is 23.5 Å². The molecule has 0 aliphatic carbocycles. The number of H-pyrrole nitrogens is 1. The number of halogens is 2. The summed E-state index contributed by atoms with van der Waals surface area (Å²) in [7, 11) is -3.45. The van der Waals surface area contributed by atoms with Gasteiger partial charge in [0.15, 0.2) is 5.60 Å². The maximum absolute atomic E-state index is 16.2. The Morgan fingerprint density at radius 2 is 1.87 bits per heavy atom. The average Bonchev–Trinajstić information content (AvgIpc) is 3.78. The van der Waals surface area contributed by atoms with E-state index in [0.717, 1.165) is 28.4 Å². The first-order valence-corrected chi connectivity index (χ1v) is 19.9. The number of rotatable bonds is 7. The Morgan fingerprint density at radius 3 is 2.57 bits per heavy atom. The molecule has 5 atom stereocenters. The number of benzene rings is 3. The Morgan fingerprint density at radius 1 is 1.13 bits per heavy atom. The number of likely N-dealkylation sites (tertiary alicyclic amines) is 1. The second kappa shape index (κ2) is 11.8. The van der Waals surface area contributed by atoms with Gasteiger partial charge in [-0.25, -0.2) is 4.68 Å². The SMILES string of the molecule is C[C@@H]1[C@@H]([Si](C)(C)F)[C@H](CC(=O)N2CCC[C@H]2CO)O[C@@]12C(=O)N(Cc1ccc(-n3[nH]c4ccccc4c3=O)cc1)c1ccc(Br)cc12. The first kappa shape index (κ1) is 32.0. The van der Waals surface area contributed by atoms with Gasteiger partial charge in [0.25, 0.3) is 11.5 Å². The Labute approximate surface area is 281 Å². The monoisotopic (exact) mass is 720 g/mol. The zero-order valence-electron chi connectivity index (χ0n) is 26.6. The molecule has 2 N–H and O–H groups in total. The number of nitrogens with zero attached hydrogens (tertiary/aromatic N) is 3. The molecule has 1 aromatic heterocycles. The number of amides is 2. The molecule has 3 aliphatic heterocycles. The summed E-state index contributed by atoms with van der Waals surface area (Å²) in [4.78, 5) is 44.6. The van der Waals surface area contributed by atoms with Crippen molar-refractivity contribution >= 4 is 52.7 Å². The number of ether oxygens (including phenoxy) is 1. The van der Waals surface area contributed by atoms with Crippen molar-refractivity contribution in [1.29, 1.82) is 0 Å². The maximum atomic E-state index is 16.2. The number of para-hydroxylation sites is 1. The van der Waals surface area contributed by atoms with E-state index in [2.05, 4.69) is 21.0 Å². The van der Waals surface area contributed by atoms with Crippen molar-refractivity contribution in [2.24, 2.45) is 5.92 Å². The van der Waals surface area contributed by atoms with Crippen LogP contribution in [-0.4, -0.2) is 65.3 Å². The molecule has 2 fully saturated rings. The number of aromatic amines is 1. The van der Waals surface area contributed by atoms with Crippen LogP contribution in [0.15, 0.2) is 76.0 Å². The third kappa shape index (κ3) is 5.20. The van der Waals surface area contributed by atoms with E-state index in [4.69, 9.17) is 4.74 Å². The van der Waals surface area contributed by atoms with Gasteiger partial charge in [-0.15, -0.1) is 0 Å². The molecule has 9 nitrogen and oxygen atoms in total. The summed E-state index contributed by atoms with van der Waals surface area (Å²) in [6.07, 6.45) is 0.714. The lowest BCUT2D eigenvalue weighted by Gasteiger charge is -2.31. The zero-order chi connectivity index (χ0) is 33.2. The highest BCUT2D eigenvalue weighted by Crippen LogP contribution is 2.60. The minimum absolute atomic E-state index is 0.0428. The zero-order valence-corrected chi connectivity index (χ0v) is 29.2. The van der Waals surface area contributed by atoms with E-state index < -0.39 is 31.6 Å². The van der Waals surface area contributed by atoms with Gasteiger partial charge in [-0.1, -0.05) is 47.1 Å². The third-order valence-corrected chi connectivity index (χ3v) is 13.3. The number of aliphatic hydroxyl groups excluding tert-OH is 1. The fourth-order valence-electron chi connectivity index (χ4n) is 8.19. The second-order valence-electron chi connectivity index (χ2n) is 13.6. The Bertz CT molecular complexity index is 1920. The van der Waals surface area contributed by atoms with Gasteiger partial charge >= 0.3 is 0 Å². The van der Waals surface area contributed by atoms with E-state index in [1.165, 1.54) is 4.68 Å². The number of fused-ring (bicyclic) bond motifs is 3. The van der Waals surface area contributed by atoms with Gasteiger partial charge in [0.2, 0.25) is 14.3 Å². The van der Waals surface area contributed by atoms with Crippen LogP contribution in [0.5, 0.6) is 0 Å². The van der Waals surface area contributed by atoms with Gasteiger partial charge in [-0.3, -0.25) is 19.5 Å². The molecule has 2 amide bonds. The first-order chi connectivity index (χ1) is 22.4. The number of nitrogens with one attached hydrogen (secondary N) is 1. The van der Waals surface area contributed by atoms with E-state index in [0.29, 0.717) is 28.9 Å². The van der Waals surface area contributed by atoms with E-state index in [1.54, 1.807) is 29.0 Å². The van der Waals surface area contributed by atoms with Crippen LogP contribution in [0.2, 0.25) is 18.6 Å². The fraction of sp³-hybridized carbons (Fsp3) is 0.400. The van der Waals surface area contributed by atoms with Crippen LogP contribution in [0.4, 0.5) is 9.80 Å². The minimum atomic E-state index is -3.45. The average molecular weight is 722 g/mol. The molecule has 3 aliphatic rings. The van der Waals surface area contributed by atoms with E-state index in [9.17, 15) is 19.5 Å². The molecular formula is C35H38BrFN4O5Si. The van der Waals surface area contributed by atoms with Crippen LogP contribution >= 0.6 is 15.9 Å². The fourth-order valence-corrected chi connectivity index (χ4v) is 11.0. The quantitative estimate of drug-likeness (QED) is 0.186. The molecule has 2 saturated heterocycles. The summed E-state index contributed by atoms with van der Waals surface area (Å²) in [5.41, 5.74) is 1.40. The third-order valence-electron chi connectivity index (χ3n) is 10.3. The van der Waals surface area contributed by atoms with Gasteiger partial charge in [0.1, 0.15) is 0 Å². The lowest BCUT2D eigenvalue weighted by molar-refractivity contribution is -0.150. The molecule has 4 aromatic rings. The van der Waals surface area contributed by atoms with Crippen molar-refractivity contribution in [1.82, 2.24) is 14.7 Å². The lowest BCUT2D eigenvalue weighted by atomic mass is 9.82. The first-order valence-electron chi connectivity index (χ1n) is 16.1. The number of hydrogen-bond acceptors (Lipinski definition) is 5. The molecule has 0 bridgehead atoms. The van der Waals surface area contributed by atoms with Crippen LogP contribution in [0.25, 0.3) is 16.6 Å². The minimum Gasteiger partial charge on any atom is -0.394 e. The molecular weight excluding hydrogens is 683 g/mol. The summed E-state index contributed by atoms with van der Waals surface area (Å²) in [6, 6.07) is 20.2. The van der Waals surface area contributed by atoms with Gasteiger partial charge in [-0.05, 0) is 74.0 Å². The van der Waals surface area contributed by atoms with Crippen molar-refractivity contribution in [2.45, 2.75) is 69.1 Å². The number of aliphatic hydroxyl groups is 1. The number of carbonyl (C=O) groups excluding carboxylic acids is 2. The number of hydrogen-bond donors (Lipinski definition) is 2. The van der Waals surface area contributed by atoms with Crippen molar-refractivity contribution in [2.75, 3.05) is 18.1 Å². The second-order valence-corrected chi connectivity index (χ2v) is 18.3. The predicted octanol–water partition coefficient (Wildman–Crippen LogP) is 5.78. The van der Waals surface area contributed by atoms with Crippen LogP contribution in [0.1, 0.15) is 37.3 Å². The number of anilines is 1. The molecule has 0 unspecified atom stereocenters. The van der Waals surface area contributed by atoms with Gasteiger partial charge < -0.3 is 23.8 Å². The van der Waals surface area contributed by atoms with E-state index in [-0.39, 0.29) is 43.0 Å². The Kier molecular flexibility index (Phi) is 8.05. The molecule has 3 aromatic carbocycles. The van der Waals surface area contributed by atoms with Crippen LogP contribution in [0.3, 0.4) is 0 Å². The van der Waals surface area contributed by atoms with Gasteiger partial charge in [0, 0.05) is 28.0 Å². The molecule has 246 valence electrons. The van der Waals surface area contributed by atoms with Crippen molar-refractivity contribution in [3.8, 4) is 5.69 Å². The van der Waals surface area contributed by atoms with Gasteiger partial charge in [-0.2, -0.15) is 0 Å². The highest BCUT2D eigenvalue weighted by Gasteiger charge is 2.67. The molecule has 7 rings (SSSR count). The van der Waals surface area contributed by atoms with Crippen LogP contribution in [-0.2, 0) is 26.5 Å². The topological polar surface area (TPSA) is 108 Å². The van der Waals surface area contributed by atoms with Crippen LogP contribution in [0, 0.1) is 5.92 Å². The highest BCUT2D eigenvalue weighted by molar-refractivity contribution is 9.10. The van der Waals surface area contributed by atoms with E-state index in [1.807, 2.05) is 67.6 Å². The number of aromatic nitrogens is 2. The molecule has 12 heteroatoms. The summed E-state index contributed by atoms with van der Waals surface area (Å²) in [6.45, 7) is 5.81. The summed E-state index contributed by atoms with van der Waals surface area (Å²) < 4.78 is 25.3. The smallest absolute Gasteiger partial charge is 0.279 e. The molecule has 0 radical (unpaired) electrons. The highest BCUT2D eigenvalue weighted by atomic mass is 79.9. The maximum Gasteiger partial charge on any atom is 0.279 e. The summed E-state index contributed by atoms with van der Waals surface area (Å²) in [5.74, 6) is -0.979. The van der Waals surface area contributed by atoms with Crippen LogP contribution < -0.4 is 10.5 Å². The largest absolute Gasteiger partial charge is 0.394 e. The molecule has 4 heterocycles. The summed E-state index contributed by atoms with van der Waals surface area (Å²) >= 11 is 3.57. The Hall–Kier alpha value is -3.58. The summed E-state index contributed by atoms with van der Waals surface area (Å²) in [5, 5.41) is 13.6. The van der Waals surface area contributed by atoms with Crippen molar-refractivity contribution in [3.63, 3.8) is 0 Å². The van der Waals surface area contributed by atoms with Gasteiger partial charge in [0.05, 0.1) is 54.0 Å². The van der Waals surface area contributed by atoms with Crippen molar-refractivity contribution in [3.05, 3.63) is 92.7 Å². The molecule has 1 spiro atoms. The normalized spacial score (nSPS) is 25.8. The lowest BCUT2D eigenvalue weighted by Crippen LogP contribution is -2.45. The molecule has 47 heavy (non-hydrogen) atoms. The number of carbonyl (C=O) groups is 2.